The number of ether oxygens (including phenoxy) is 2. The van der Waals surface area contributed by atoms with Crippen LogP contribution in [0.3, 0.4) is 0 Å². The molecule has 1 saturated carbocycles. The standard InChI is InChI=1S/C28H40N4O5S/c1-7-20-12-15-29-26(36-21-13-16-32(17-14-21)27(33)37-28(4,5)6)18(2)25(20)31-23-10-11-24(30-19(23)3)38(34,35)22-8-9-22/h10-12,18,21-22H,7-9,13-17H2,1-6H3. The molecule has 4 rings (SSSR count). The van der Waals surface area contributed by atoms with E-state index < -0.39 is 15.4 Å². The van der Waals surface area contributed by atoms with Crippen molar-refractivity contribution in [3.8, 4) is 0 Å². The van der Waals surface area contributed by atoms with E-state index in [1.807, 2.05) is 27.7 Å². The summed E-state index contributed by atoms with van der Waals surface area (Å²) in [6.07, 6.45) is 5.34. The fourth-order valence-corrected chi connectivity index (χ4v) is 6.28. The molecule has 0 N–H and O–H groups in total. The second kappa shape index (κ2) is 11.2. The fraction of sp³-hybridized carbons (Fsp3) is 0.643. The van der Waals surface area contributed by atoms with Gasteiger partial charge in [0.1, 0.15) is 11.7 Å². The molecule has 2 fully saturated rings. The number of aliphatic imine (C=N–C) groups is 2. The minimum atomic E-state index is -3.36. The third kappa shape index (κ3) is 6.62. The van der Waals surface area contributed by atoms with E-state index in [0.29, 0.717) is 62.6 Å². The molecule has 2 aliphatic heterocycles. The Hall–Kier alpha value is -2.75. The lowest BCUT2D eigenvalue weighted by atomic mass is 9.96. The van der Waals surface area contributed by atoms with Gasteiger partial charge in [0.05, 0.1) is 34.8 Å². The summed E-state index contributed by atoms with van der Waals surface area (Å²) in [7, 11) is -3.36. The van der Waals surface area contributed by atoms with Crippen LogP contribution in [0.25, 0.3) is 0 Å². The number of allylic oxidation sites excluding steroid dienone is 1. The Kier molecular flexibility index (Phi) is 8.30. The van der Waals surface area contributed by atoms with E-state index in [4.69, 9.17) is 19.5 Å². The van der Waals surface area contributed by atoms with Crippen LogP contribution < -0.4 is 0 Å². The van der Waals surface area contributed by atoms with Gasteiger partial charge in [0.2, 0.25) is 0 Å². The Morgan fingerprint density at radius 3 is 2.42 bits per heavy atom. The van der Waals surface area contributed by atoms with Gasteiger partial charge >= 0.3 is 6.09 Å². The van der Waals surface area contributed by atoms with E-state index in [1.54, 1.807) is 24.0 Å². The summed E-state index contributed by atoms with van der Waals surface area (Å²) in [6.45, 7) is 13.2. The molecule has 0 bridgehead atoms. The topological polar surface area (TPSA) is 111 Å². The highest BCUT2D eigenvalue weighted by atomic mass is 32.2. The average molecular weight is 545 g/mol. The molecule has 1 aromatic rings. The molecule has 9 nitrogen and oxygen atoms in total. The van der Waals surface area contributed by atoms with E-state index in [-0.39, 0.29) is 28.4 Å². The zero-order chi connectivity index (χ0) is 27.7. The number of aryl methyl sites for hydroxylation is 1. The first-order chi connectivity index (χ1) is 17.9. The molecule has 1 aromatic heterocycles. The summed E-state index contributed by atoms with van der Waals surface area (Å²) in [5.74, 6) is 0.458. The molecule has 38 heavy (non-hydrogen) atoms. The molecule has 1 saturated heterocycles. The lowest BCUT2D eigenvalue weighted by Gasteiger charge is -2.34. The minimum Gasteiger partial charge on any atom is -0.477 e. The number of carbonyl (C=O) groups is 1. The molecule has 1 amide bonds. The Balaban J connectivity index is 1.48. The number of pyridine rings is 1. The van der Waals surface area contributed by atoms with Crippen molar-refractivity contribution in [1.82, 2.24) is 9.88 Å². The zero-order valence-corrected chi connectivity index (χ0v) is 24.2. The van der Waals surface area contributed by atoms with Crippen molar-refractivity contribution in [2.75, 3.05) is 19.6 Å². The number of aromatic nitrogens is 1. The highest BCUT2D eigenvalue weighted by Crippen LogP contribution is 2.34. The van der Waals surface area contributed by atoms with Crippen LogP contribution in [0.15, 0.2) is 38.8 Å². The number of hydrogen-bond donors (Lipinski definition) is 0. The first-order valence-corrected chi connectivity index (χ1v) is 15.1. The number of amides is 1. The molecule has 208 valence electrons. The van der Waals surface area contributed by atoms with Gasteiger partial charge in [-0.2, -0.15) is 0 Å². The highest BCUT2D eigenvalue weighted by Gasteiger charge is 2.38. The molecule has 0 aromatic carbocycles. The predicted molar refractivity (Wildman–Crippen MR) is 148 cm³/mol. The maximum atomic E-state index is 12.6. The van der Waals surface area contributed by atoms with Crippen LogP contribution in [-0.2, 0) is 19.3 Å². The molecule has 0 radical (unpaired) electrons. The smallest absolute Gasteiger partial charge is 0.410 e. The van der Waals surface area contributed by atoms with Crippen LogP contribution in [-0.4, -0.2) is 72.6 Å². The SMILES string of the molecule is CCC1=CCN=C(OC2CCN(C(=O)OC(C)(C)C)CC2)C(C)C1=Nc1ccc(S(=O)(=O)C2CC2)nc1C. The maximum absolute atomic E-state index is 12.6. The van der Waals surface area contributed by atoms with Crippen molar-refractivity contribution < 1.29 is 22.7 Å². The minimum absolute atomic E-state index is 0.0466. The number of rotatable bonds is 5. The zero-order valence-electron chi connectivity index (χ0n) is 23.4. The summed E-state index contributed by atoms with van der Waals surface area (Å²) < 4.78 is 37.2. The van der Waals surface area contributed by atoms with Crippen LogP contribution in [0.1, 0.15) is 72.4 Å². The molecule has 10 heteroatoms. The molecule has 0 spiro atoms. The lowest BCUT2D eigenvalue weighted by molar-refractivity contribution is 0.0111. The van der Waals surface area contributed by atoms with Crippen molar-refractivity contribution in [2.45, 2.75) is 95.6 Å². The monoisotopic (exact) mass is 544 g/mol. The van der Waals surface area contributed by atoms with Gasteiger partial charge in [-0.1, -0.05) is 13.0 Å². The van der Waals surface area contributed by atoms with Crippen LogP contribution in [0, 0.1) is 12.8 Å². The van der Waals surface area contributed by atoms with E-state index in [0.717, 1.165) is 17.7 Å². The Morgan fingerprint density at radius 1 is 1.16 bits per heavy atom. The van der Waals surface area contributed by atoms with Crippen LogP contribution in [0.4, 0.5) is 10.5 Å². The van der Waals surface area contributed by atoms with Crippen LogP contribution in [0.2, 0.25) is 0 Å². The molecule has 1 atom stereocenters. The fourth-order valence-electron chi connectivity index (χ4n) is 4.66. The quantitative estimate of drug-likeness (QED) is 0.504. The normalized spacial score (nSPS) is 22.5. The summed E-state index contributed by atoms with van der Waals surface area (Å²) >= 11 is 0. The van der Waals surface area contributed by atoms with Crippen molar-refractivity contribution in [3.05, 3.63) is 29.5 Å². The van der Waals surface area contributed by atoms with Gasteiger partial charge in [0, 0.05) is 25.9 Å². The Morgan fingerprint density at radius 2 is 1.84 bits per heavy atom. The predicted octanol–water partition coefficient (Wildman–Crippen LogP) is 5.20. The van der Waals surface area contributed by atoms with Gasteiger partial charge in [-0.25, -0.2) is 18.2 Å². The van der Waals surface area contributed by atoms with Gasteiger partial charge in [-0.15, -0.1) is 0 Å². The number of sulfone groups is 1. The number of piperidine rings is 1. The van der Waals surface area contributed by atoms with E-state index in [2.05, 4.69) is 18.0 Å². The van der Waals surface area contributed by atoms with Gasteiger partial charge in [-0.3, -0.25) is 9.98 Å². The highest BCUT2D eigenvalue weighted by molar-refractivity contribution is 7.92. The second-order valence-corrected chi connectivity index (χ2v) is 13.4. The van der Waals surface area contributed by atoms with Crippen molar-refractivity contribution in [1.29, 1.82) is 0 Å². The molecule has 1 unspecified atom stereocenters. The lowest BCUT2D eigenvalue weighted by Crippen LogP contribution is -2.44. The van der Waals surface area contributed by atoms with Gasteiger partial charge in [0.25, 0.3) is 0 Å². The second-order valence-electron chi connectivity index (χ2n) is 11.3. The van der Waals surface area contributed by atoms with E-state index in [9.17, 15) is 13.2 Å². The van der Waals surface area contributed by atoms with Gasteiger partial charge in [-0.05, 0) is 71.6 Å². The van der Waals surface area contributed by atoms with Crippen molar-refractivity contribution >= 4 is 33.2 Å². The van der Waals surface area contributed by atoms with E-state index in [1.165, 1.54) is 0 Å². The first kappa shape index (κ1) is 28.3. The third-order valence-corrected chi connectivity index (χ3v) is 9.14. The molecular formula is C28H40N4O5S. The average Bonchev–Trinajstić information content (AvgIpc) is 3.71. The number of nitrogens with zero attached hydrogens (tertiary/aromatic N) is 4. The summed E-state index contributed by atoms with van der Waals surface area (Å²) in [6, 6.07) is 3.32. The number of carbonyl (C=O) groups excluding carboxylic acids is 1. The van der Waals surface area contributed by atoms with E-state index >= 15 is 0 Å². The molecule has 3 heterocycles. The Labute approximate surface area is 226 Å². The maximum Gasteiger partial charge on any atom is 0.410 e. The van der Waals surface area contributed by atoms with Gasteiger partial charge < -0.3 is 14.4 Å². The summed E-state index contributed by atoms with van der Waals surface area (Å²) in [5.41, 5.74) is 2.66. The molecular weight excluding hydrogens is 504 g/mol. The van der Waals surface area contributed by atoms with Crippen LogP contribution >= 0.6 is 0 Å². The largest absolute Gasteiger partial charge is 0.477 e. The van der Waals surface area contributed by atoms with Crippen molar-refractivity contribution in [3.63, 3.8) is 0 Å². The Bertz CT molecular complexity index is 1250. The number of hydrogen-bond acceptors (Lipinski definition) is 8. The molecule has 1 aliphatic carbocycles. The van der Waals surface area contributed by atoms with Gasteiger partial charge in [0.15, 0.2) is 20.8 Å². The third-order valence-electron chi connectivity index (χ3n) is 6.98. The summed E-state index contributed by atoms with van der Waals surface area (Å²) in [4.78, 5) is 28.2. The first-order valence-electron chi connectivity index (χ1n) is 13.6. The van der Waals surface area contributed by atoms with Crippen LogP contribution in [0.5, 0.6) is 0 Å². The molecule has 3 aliphatic rings. The summed E-state index contributed by atoms with van der Waals surface area (Å²) in [5, 5.41) is -0.167. The van der Waals surface area contributed by atoms with Crippen molar-refractivity contribution in [2.24, 2.45) is 15.9 Å². The number of likely N-dealkylation sites (tertiary alicyclic amines) is 1.